The summed E-state index contributed by atoms with van der Waals surface area (Å²) in [6.45, 7) is 7.39. The second kappa shape index (κ2) is 23.8. The first kappa shape index (κ1) is 58.7. The lowest BCUT2D eigenvalue weighted by Gasteiger charge is -2.37. The third kappa shape index (κ3) is 15.1. The van der Waals surface area contributed by atoms with E-state index in [1.807, 2.05) is 113 Å². The molecule has 0 aliphatic carbocycles. The van der Waals surface area contributed by atoms with Crippen molar-refractivity contribution in [2.75, 3.05) is 74.1 Å². The summed E-state index contributed by atoms with van der Waals surface area (Å²) in [4.78, 5) is 1.25. The van der Waals surface area contributed by atoms with Crippen molar-refractivity contribution in [2.45, 2.75) is 58.6 Å². The van der Waals surface area contributed by atoms with Crippen LogP contribution in [0.15, 0.2) is 97.1 Å². The summed E-state index contributed by atoms with van der Waals surface area (Å²) >= 11 is 2.96. The number of nitrogens with zero attached hydrogens (tertiary/aromatic N) is 5. The van der Waals surface area contributed by atoms with Crippen LogP contribution in [0, 0.1) is 27.7 Å². The van der Waals surface area contributed by atoms with Crippen LogP contribution in [0.5, 0.6) is 0 Å². The van der Waals surface area contributed by atoms with Crippen molar-refractivity contribution < 1.29 is 69.0 Å². The van der Waals surface area contributed by atoms with Gasteiger partial charge in [0.2, 0.25) is 0 Å². The molecule has 74 heavy (non-hydrogen) atoms. The van der Waals surface area contributed by atoms with E-state index >= 15 is 0 Å². The van der Waals surface area contributed by atoms with Crippen LogP contribution in [-0.4, -0.2) is 122 Å². The zero-order chi connectivity index (χ0) is 54.4. The fourth-order valence-electron chi connectivity index (χ4n) is 7.77. The summed E-state index contributed by atoms with van der Waals surface area (Å²) in [5.41, 5.74) is 0.134. The van der Waals surface area contributed by atoms with Gasteiger partial charge in [0.1, 0.15) is 10.0 Å². The molecule has 13 nitrogen and oxygen atoms in total. The van der Waals surface area contributed by atoms with Gasteiger partial charge in [0, 0.05) is 61.8 Å². The largest absolute Gasteiger partial charge is 0.523 e. The van der Waals surface area contributed by atoms with Gasteiger partial charge in [0.25, 0.3) is 0 Å². The van der Waals surface area contributed by atoms with Gasteiger partial charge < -0.3 is 5.32 Å². The van der Waals surface area contributed by atoms with Gasteiger partial charge in [-0.25, -0.2) is 8.61 Å². The Morgan fingerprint density at radius 1 is 0.541 bits per heavy atom. The molecule has 2 aliphatic heterocycles. The van der Waals surface area contributed by atoms with Gasteiger partial charge in [0.15, 0.2) is 6.61 Å². The molecule has 0 unspecified atom stereocenters. The first-order valence-electron chi connectivity index (χ1n) is 22.6. The number of piperazine rings is 2. The molecular weight excluding hydrogens is 1090 g/mol. The molecule has 2 saturated heterocycles. The smallest absolute Gasteiger partial charge is 0.314 e. The second-order valence-electron chi connectivity index (χ2n) is 17.3. The molecule has 2 aliphatic rings. The summed E-state index contributed by atoms with van der Waals surface area (Å²) in [6.07, 6.45) is -9.43. The first-order valence-corrected chi connectivity index (χ1v) is 28.5. The minimum absolute atomic E-state index is 0.0206. The number of benzene rings is 4. The number of hydrogen-bond donors (Lipinski definition) is 1. The van der Waals surface area contributed by atoms with E-state index < -0.39 is 61.5 Å². The van der Waals surface area contributed by atoms with E-state index in [1.54, 1.807) is 19.9 Å². The molecule has 4 heterocycles. The van der Waals surface area contributed by atoms with E-state index in [4.69, 9.17) is 0 Å². The molecule has 0 atom stereocenters. The highest BCUT2D eigenvalue weighted by Crippen LogP contribution is 2.42. The number of alkyl halides is 9. The highest BCUT2D eigenvalue weighted by molar-refractivity contribution is 7.91. The van der Waals surface area contributed by atoms with Crippen molar-refractivity contribution in [2.24, 2.45) is 0 Å². The van der Waals surface area contributed by atoms with Crippen molar-refractivity contribution in [1.82, 2.24) is 18.8 Å². The lowest BCUT2D eigenvalue weighted by molar-refractivity contribution is -0.156. The number of aryl methyl sites for hydroxylation is 4. The molecule has 2 fully saturated rings. The van der Waals surface area contributed by atoms with Gasteiger partial charge in [-0.05, 0) is 72.9 Å². The van der Waals surface area contributed by atoms with Crippen molar-refractivity contribution in [3.05, 3.63) is 130 Å². The van der Waals surface area contributed by atoms with E-state index in [0.29, 0.717) is 37.7 Å². The molecule has 4 aromatic carbocycles. The van der Waals surface area contributed by atoms with Crippen molar-refractivity contribution in [1.29, 1.82) is 0 Å². The molecule has 6 aromatic rings. The Labute approximate surface area is 432 Å². The van der Waals surface area contributed by atoms with Gasteiger partial charge in [-0.2, -0.15) is 73.4 Å². The molecule has 0 spiro atoms. The number of rotatable bonds is 13. The summed E-state index contributed by atoms with van der Waals surface area (Å²) in [7, 11) is -13.7. The molecule has 0 radical (unpaired) electrons. The van der Waals surface area contributed by atoms with Gasteiger partial charge >= 0.3 is 48.4 Å². The summed E-state index contributed by atoms with van der Waals surface area (Å²) in [6, 6.07) is 31.7. The lowest BCUT2D eigenvalue weighted by atomic mass is 10.1. The standard InChI is InChI=1S/C23H26F3N3O2S2.C21H25N3O2S2.C3H2F6O3S/c1-17-7-9-19(10-8-17)15-29(22-18(2)20-5-3-4-6-21(20)32-22)33(30,31)28-13-11-27(12-14-28)16-23(24,25)26;1-16-7-9-18(10-8-16)15-24(28(25,26)23-13-11-22-12-14-23)21-17(2)19-5-3-4-6-20(19)27-21;4-2(5,6)1-12-13(10,11)3(7,8)9/h3-10H,11-16H2,1-2H3;3-10,22H,11-15H2,1-2H3;1H2. The Morgan fingerprint density at radius 3 is 1.30 bits per heavy atom. The highest BCUT2D eigenvalue weighted by Gasteiger charge is 2.49. The van der Waals surface area contributed by atoms with E-state index in [2.05, 4.69) is 21.6 Å². The molecule has 0 saturated carbocycles. The van der Waals surface area contributed by atoms with Gasteiger partial charge in [-0.3, -0.25) is 9.08 Å². The molecule has 0 bridgehead atoms. The summed E-state index contributed by atoms with van der Waals surface area (Å²) < 4.78 is 191. The van der Waals surface area contributed by atoms with Crippen LogP contribution in [0.25, 0.3) is 20.2 Å². The Balaban J connectivity index is 0.000000197. The third-order valence-electron chi connectivity index (χ3n) is 11.7. The summed E-state index contributed by atoms with van der Waals surface area (Å²) in [5.74, 6) is 0. The Kier molecular flexibility index (Phi) is 18.8. The predicted octanol–water partition coefficient (Wildman–Crippen LogP) is 10.0. The monoisotopic (exact) mass is 1140 g/mol. The zero-order valence-corrected chi connectivity index (χ0v) is 44.3. The van der Waals surface area contributed by atoms with Gasteiger partial charge in [-0.15, -0.1) is 22.7 Å². The number of thiophene rings is 2. The lowest BCUT2D eigenvalue weighted by Crippen LogP contribution is -2.54. The number of nitrogens with one attached hydrogen (secondary N) is 1. The maximum absolute atomic E-state index is 13.8. The number of anilines is 2. The fourth-order valence-corrected chi connectivity index (χ4v) is 14.4. The average molecular weight is 1150 g/mol. The maximum Gasteiger partial charge on any atom is 0.523 e. The van der Waals surface area contributed by atoms with Crippen LogP contribution < -0.4 is 13.9 Å². The first-order chi connectivity index (χ1) is 34.5. The van der Waals surface area contributed by atoms with E-state index in [0.717, 1.165) is 53.0 Å². The van der Waals surface area contributed by atoms with E-state index in [1.165, 1.54) is 30.4 Å². The van der Waals surface area contributed by atoms with Crippen molar-refractivity contribution in [3.8, 4) is 0 Å². The topological polar surface area (TPSA) is 140 Å². The van der Waals surface area contributed by atoms with Crippen LogP contribution in [0.2, 0.25) is 0 Å². The normalized spacial score (nSPS) is 15.9. The SMILES string of the molecule is Cc1ccc(CN(c2sc3ccccc3c2C)S(=O)(=O)N2CCN(CC(F)(F)F)CC2)cc1.Cc1ccc(CN(c2sc3ccccc3c2C)S(=O)(=O)N2CCNCC2)cc1.O=S(=O)(OCC(F)(F)F)C(F)(F)F. The highest BCUT2D eigenvalue weighted by atomic mass is 32.2. The Hall–Kier alpha value is -4.58. The quantitative estimate of drug-likeness (QED) is 0.0680. The third-order valence-corrected chi connectivity index (χ3v) is 19.3. The molecule has 1 N–H and O–H groups in total. The Bertz CT molecular complexity index is 3180. The minimum Gasteiger partial charge on any atom is -0.314 e. The average Bonchev–Trinajstić information content (AvgIpc) is 3.85. The van der Waals surface area contributed by atoms with Crippen LogP contribution in [0.1, 0.15) is 33.4 Å². The Morgan fingerprint density at radius 2 is 0.932 bits per heavy atom. The molecule has 27 heteroatoms. The molecule has 0 amide bonds. The molecule has 2 aromatic heterocycles. The number of hydrogen-bond acceptors (Lipinski definition) is 11. The van der Waals surface area contributed by atoms with E-state index in [9.17, 15) is 64.8 Å². The van der Waals surface area contributed by atoms with Gasteiger partial charge in [-0.1, -0.05) is 96.1 Å². The van der Waals surface area contributed by atoms with Crippen molar-refractivity contribution >= 4 is 83.4 Å². The summed E-state index contributed by atoms with van der Waals surface area (Å²) in [5, 5.41) is 6.79. The maximum atomic E-state index is 13.8. The van der Waals surface area contributed by atoms with Crippen LogP contribution >= 0.6 is 22.7 Å². The minimum atomic E-state index is -6.15. The zero-order valence-electron chi connectivity index (χ0n) is 40.3. The second-order valence-corrected chi connectivity index (χ2v) is 24.6. The van der Waals surface area contributed by atoms with Crippen LogP contribution in [0.4, 0.5) is 49.5 Å². The molecular formula is C47H53F9N6O7S5. The van der Waals surface area contributed by atoms with Gasteiger partial charge in [0.05, 0.1) is 19.6 Å². The number of halogens is 9. The number of fused-ring (bicyclic) bond motifs is 2. The molecule has 8 rings (SSSR count). The molecule has 406 valence electrons. The fraction of sp³-hybridized carbons (Fsp3) is 0.404. The van der Waals surface area contributed by atoms with Crippen LogP contribution in [0.3, 0.4) is 0 Å². The van der Waals surface area contributed by atoms with E-state index in [-0.39, 0.29) is 32.7 Å². The van der Waals surface area contributed by atoms with Crippen LogP contribution in [-0.2, 0) is 47.8 Å². The predicted molar refractivity (Wildman–Crippen MR) is 271 cm³/mol. The van der Waals surface area contributed by atoms with Crippen molar-refractivity contribution in [3.63, 3.8) is 0 Å².